The van der Waals surface area contributed by atoms with E-state index in [0.717, 1.165) is 35.2 Å². The first-order valence-corrected chi connectivity index (χ1v) is 9.57. The summed E-state index contributed by atoms with van der Waals surface area (Å²) < 4.78 is 1.66. The summed E-state index contributed by atoms with van der Waals surface area (Å²) in [6.07, 6.45) is 3.12. The number of benzene rings is 1. The molecule has 0 bridgehead atoms. The lowest BCUT2D eigenvalue weighted by molar-refractivity contribution is 0.818. The third-order valence-electron chi connectivity index (χ3n) is 4.19. The third-order valence-corrected chi connectivity index (χ3v) is 6.32. The van der Waals surface area contributed by atoms with Crippen LogP contribution in [0.25, 0.3) is 15.9 Å². The number of para-hydroxylation sites is 1. The lowest BCUT2D eigenvalue weighted by Crippen LogP contribution is -2.22. The molecule has 2 heterocycles. The van der Waals surface area contributed by atoms with Gasteiger partial charge in [0.25, 0.3) is 5.56 Å². The van der Waals surface area contributed by atoms with E-state index in [1.807, 2.05) is 37.3 Å². The number of hydrogen-bond acceptors (Lipinski definition) is 5. The van der Waals surface area contributed by atoms with Crippen LogP contribution in [0.4, 0.5) is 0 Å². The molecule has 24 heavy (non-hydrogen) atoms. The van der Waals surface area contributed by atoms with Crippen LogP contribution in [0.3, 0.4) is 0 Å². The van der Waals surface area contributed by atoms with Crippen molar-refractivity contribution in [2.45, 2.75) is 36.6 Å². The largest absolute Gasteiger partial charge is 0.268 e. The molecule has 0 radical (unpaired) electrons. The summed E-state index contributed by atoms with van der Waals surface area (Å²) in [6.45, 7) is 1.82. The lowest BCUT2D eigenvalue weighted by atomic mass is 10.2. The van der Waals surface area contributed by atoms with Crippen LogP contribution in [0.5, 0.6) is 0 Å². The molecule has 3 aromatic rings. The van der Waals surface area contributed by atoms with Gasteiger partial charge in [-0.2, -0.15) is 5.26 Å². The van der Waals surface area contributed by atoms with Gasteiger partial charge < -0.3 is 0 Å². The Morgan fingerprint density at radius 3 is 2.88 bits per heavy atom. The van der Waals surface area contributed by atoms with Crippen LogP contribution in [0.15, 0.2) is 40.3 Å². The minimum Gasteiger partial charge on any atom is -0.268 e. The molecule has 0 amide bonds. The zero-order chi connectivity index (χ0) is 16.7. The van der Waals surface area contributed by atoms with Crippen LogP contribution in [-0.2, 0) is 12.8 Å². The average Bonchev–Trinajstić information content (AvgIpc) is 3.16. The fourth-order valence-corrected chi connectivity index (χ4v) is 5.21. The Balaban J connectivity index is 2.02. The summed E-state index contributed by atoms with van der Waals surface area (Å²) >= 11 is 2.96. The SMILES string of the molecule is C[C@@H](C#N)Sc1nc2sc3c(c2c(=O)n1-c1ccccc1)CCC3. The van der Waals surface area contributed by atoms with Crippen molar-refractivity contribution in [3.63, 3.8) is 0 Å². The van der Waals surface area contributed by atoms with Crippen molar-refractivity contribution in [1.29, 1.82) is 5.26 Å². The molecule has 0 N–H and O–H groups in total. The van der Waals surface area contributed by atoms with Gasteiger partial charge in [0.2, 0.25) is 0 Å². The fourth-order valence-electron chi connectivity index (χ4n) is 3.09. The number of fused-ring (bicyclic) bond motifs is 3. The van der Waals surface area contributed by atoms with Crippen molar-refractivity contribution in [2.75, 3.05) is 0 Å². The molecule has 0 fully saturated rings. The molecule has 1 aliphatic rings. The van der Waals surface area contributed by atoms with E-state index in [4.69, 9.17) is 10.2 Å². The van der Waals surface area contributed by atoms with Crippen LogP contribution in [0.2, 0.25) is 0 Å². The zero-order valence-electron chi connectivity index (χ0n) is 13.2. The summed E-state index contributed by atoms with van der Waals surface area (Å²) in [5.74, 6) is 0. The van der Waals surface area contributed by atoms with Crippen LogP contribution in [0.1, 0.15) is 23.8 Å². The first-order valence-electron chi connectivity index (χ1n) is 7.88. The number of aromatic nitrogens is 2. The van der Waals surface area contributed by atoms with Gasteiger partial charge in [0, 0.05) is 4.88 Å². The standard InChI is InChI=1S/C18H15N3OS2/c1-11(10-19)23-18-20-16-15(13-8-5-9-14(13)24-16)17(22)21(18)12-6-3-2-4-7-12/h2-4,6-7,11H,5,8-9H2,1H3/t11-/m0/s1. The molecule has 4 nitrogen and oxygen atoms in total. The molecule has 0 saturated heterocycles. The van der Waals surface area contributed by atoms with Crippen LogP contribution in [0, 0.1) is 11.3 Å². The van der Waals surface area contributed by atoms with E-state index in [1.165, 1.54) is 22.2 Å². The molecule has 1 atom stereocenters. The molecule has 2 aromatic heterocycles. The van der Waals surface area contributed by atoms with E-state index in [-0.39, 0.29) is 10.8 Å². The molecule has 1 aliphatic carbocycles. The Morgan fingerprint density at radius 2 is 2.12 bits per heavy atom. The summed E-state index contributed by atoms with van der Waals surface area (Å²) in [5, 5.41) is 10.2. The number of aryl methyl sites for hydroxylation is 2. The second-order valence-corrected chi connectivity index (χ2v) is 8.19. The predicted molar refractivity (Wildman–Crippen MR) is 98.2 cm³/mol. The second-order valence-electron chi connectivity index (χ2n) is 5.80. The van der Waals surface area contributed by atoms with Crippen molar-refractivity contribution < 1.29 is 0 Å². The van der Waals surface area contributed by atoms with E-state index in [9.17, 15) is 4.79 Å². The zero-order valence-corrected chi connectivity index (χ0v) is 14.8. The monoisotopic (exact) mass is 353 g/mol. The summed E-state index contributed by atoms with van der Waals surface area (Å²) in [7, 11) is 0. The molecular formula is C18H15N3OS2. The van der Waals surface area contributed by atoms with Gasteiger partial charge in [-0.15, -0.1) is 11.3 Å². The van der Waals surface area contributed by atoms with Crippen molar-refractivity contribution in [3.8, 4) is 11.8 Å². The minimum absolute atomic E-state index is 0.0155. The number of rotatable bonds is 3. The minimum atomic E-state index is -0.267. The van der Waals surface area contributed by atoms with Crippen LogP contribution in [-0.4, -0.2) is 14.8 Å². The van der Waals surface area contributed by atoms with E-state index < -0.39 is 0 Å². The summed E-state index contributed by atoms with van der Waals surface area (Å²) in [4.78, 5) is 20.1. The number of nitrogens with zero attached hydrogens (tertiary/aromatic N) is 3. The second kappa shape index (κ2) is 6.08. The number of hydrogen-bond donors (Lipinski definition) is 0. The molecule has 0 spiro atoms. The van der Waals surface area contributed by atoms with Gasteiger partial charge in [-0.25, -0.2) is 4.98 Å². The fraction of sp³-hybridized carbons (Fsp3) is 0.278. The van der Waals surface area contributed by atoms with E-state index >= 15 is 0 Å². The quantitative estimate of drug-likeness (QED) is 0.529. The average molecular weight is 353 g/mol. The lowest BCUT2D eigenvalue weighted by Gasteiger charge is -2.13. The van der Waals surface area contributed by atoms with Crippen LogP contribution >= 0.6 is 23.1 Å². The molecule has 0 aliphatic heterocycles. The van der Waals surface area contributed by atoms with Crippen molar-refractivity contribution in [3.05, 3.63) is 51.1 Å². The normalized spacial score (nSPS) is 14.5. The van der Waals surface area contributed by atoms with E-state index in [1.54, 1.807) is 15.9 Å². The van der Waals surface area contributed by atoms with Gasteiger partial charge in [0.1, 0.15) is 4.83 Å². The Kier molecular flexibility index (Phi) is 3.91. The maximum absolute atomic E-state index is 13.3. The number of thioether (sulfide) groups is 1. The predicted octanol–water partition coefficient (Wildman–Crippen LogP) is 3.94. The summed E-state index contributed by atoms with van der Waals surface area (Å²) in [5.41, 5.74) is 1.96. The van der Waals surface area contributed by atoms with Crippen molar-refractivity contribution in [1.82, 2.24) is 9.55 Å². The number of nitriles is 1. The Morgan fingerprint density at radius 1 is 1.33 bits per heavy atom. The van der Waals surface area contributed by atoms with Gasteiger partial charge in [-0.05, 0) is 43.9 Å². The number of thiophene rings is 1. The summed E-state index contributed by atoms with van der Waals surface area (Å²) in [6, 6.07) is 11.8. The molecule has 0 saturated carbocycles. The topological polar surface area (TPSA) is 58.7 Å². The van der Waals surface area contributed by atoms with Gasteiger partial charge in [0.05, 0.1) is 22.4 Å². The highest BCUT2D eigenvalue weighted by atomic mass is 32.2. The van der Waals surface area contributed by atoms with Gasteiger partial charge in [-0.1, -0.05) is 30.0 Å². The van der Waals surface area contributed by atoms with Crippen LogP contribution < -0.4 is 5.56 Å². The first-order chi connectivity index (χ1) is 11.7. The molecule has 6 heteroatoms. The van der Waals surface area contributed by atoms with Gasteiger partial charge >= 0.3 is 0 Å². The molecule has 4 rings (SSSR count). The van der Waals surface area contributed by atoms with Gasteiger partial charge in [-0.3, -0.25) is 9.36 Å². The van der Waals surface area contributed by atoms with Crippen molar-refractivity contribution >= 4 is 33.3 Å². The Labute approximate surface area is 147 Å². The Bertz CT molecular complexity index is 1010. The van der Waals surface area contributed by atoms with Gasteiger partial charge in [0.15, 0.2) is 5.16 Å². The molecule has 120 valence electrons. The first kappa shape index (κ1) is 15.4. The highest BCUT2D eigenvalue weighted by molar-refractivity contribution is 8.00. The van der Waals surface area contributed by atoms with Crippen molar-refractivity contribution in [2.24, 2.45) is 0 Å². The molecule has 1 aromatic carbocycles. The maximum Gasteiger partial charge on any atom is 0.267 e. The Hall–Kier alpha value is -2.10. The highest BCUT2D eigenvalue weighted by Crippen LogP contribution is 2.36. The highest BCUT2D eigenvalue weighted by Gasteiger charge is 2.24. The third kappa shape index (κ3) is 2.45. The maximum atomic E-state index is 13.3. The molecule has 0 unspecified atom stereocenters. The van der Waals surface area contributed by atoms with E-state index in [0.29, 0.717) is 5.16 Å². The smallest absolute Gasteiger partial charge is 0.267 e. The molecular weight excluding hydrogens is 338 g/mol. The van der Waals surface area contributed by atoms with E-state index in [2.05, 4.69) is 6.07 Å².